The summed E-state index contributed by atoms with van der Waals surface area (Å²) in [5.41, 5.74) is 1.11. The first-order valence-corrected chi connectivity index (χ1v) is 7.10. The summed E-state index contributed by atoms with van der Waals surface area (Å²) in [4.78, 5) is 11.7. The fourth-order valence-corrected chi connectivity index (χ4v) is 2.49. The Morgan fingerprint density at radius 1 is 1.50 bits per heavy atom. The van der Waals surface area contributed by atoms with Crippen LogP contribution in [0.4, 0.5) is 0 Å². The minimum atomic E-state index is 0.204. The average molecular weight is 312 g/mol. The zero-order valence-corrected chi connectivity index (χ0v) is 12.1. The normalized spacial score (nSPS) is 15.0. The number of rotatable bonds is 5. The molecule has 98 valence electrons. The second-order valence-electron chi connectivity index (χ2n) is 4.63. The third-order valence-electron chi connectivity index (χ3n) is 3.41. The van der Waals surface area contributed by atoms with E-state index in [2.05, 4.69) is 21.2 Å². The van der Waals surface area contributed by atoms with Gasteiger partial charge in [0.25, 0.3) is 0 Å². The first kappa shape index (κ1) is 13.4. The lowest BCUT2D eigenvalue weighted by Crippen LogP contribution is -2.35. The molecule has 3 nitrogen and oxygen atoms in total. The molecule has 0 radical (unpaired) electrons. The van der Waals surface area contributed by atoms with E-state index in [-0.39, 0.29) is 11.8 Å². The topological polar surface area (TPSA) is 38.3 Å². The largest absolute Gasteiger partial charge is 0.496 e. The molecule has 0 saturated heterocycles. The van der Waals surface area contributed by atoms with Gasteiger partial charge in [0.15, 0.2) is 0 Å². The number of halogens is 1. The van der Waals surface area contributed by atoms with Crippen molar-refractivity contribution in [3.8, 4) is 5.75 Å². The Hall–Kier alpha value is -1.03. The molecule has 4 heteroatoms. The number of ether oxygens (including phenoxy) is 1. The summed E-state index contributed by atoms with van der Waals surface area (Å²) in [6.07, 6.45) is 4.08. The van der Waals surface area contributed by atoms with Crippen LogP contribution < -0.4 is 10.1 Å². The van der Waals surface area contributed by atoms with Gasteiger partial charge in [0, 0.05) is 16.9 Å². The summed E-state index contributed by atoms with van der Waals surface area (Å²) < 4.78 is 6.34. The van der Waals surface area contributed by atoms with Crippen LogP contribution in [0.1, 0.15) is 24.8 Å². The number of carbonyl (C=O) groups excluding carboxylic acids is 1. The smallest absolute Gasteiger partial charge is 0.223 e. The average Bonchev–Trinajstić information content (AvgIpc) is 2.27. The zero-order valence-electron chi connectivity index (χ0n) is 10.5. The minimum Gasteiger partial charge on any atom is -0.496 e. The molecular weight excluding hydrogens is 294 g/mol. The summed E-state index contributed by atoms with van der Waals surface area (Å²) in [6, 6.07) is 5.93. The van der Waals surface area contributed by atoms with E-state index in [0.717, 1.165) is 35.0 Å². The van der Waals surface area contributed by atoms with Crippen LogP contribution in [-0.2, 0) is 11.2 Å². The van der Waals surface area contributed by atoms with Gasteiger partial charge in [-0.1, -0.05) is 22.4 Å². The van der Waals surface area contributed by atoms with Crippen LogP contribution in [0.3, 0.4) is 0 Å². The van der Waals surface area contributed by atoms with E-state index in [9.17, 15) is 4.79 Å². The molecule has 0 heterocycles. The first-order chi connectivity index (χ1) is 8.70. The summed E-state index contributed by atoms with van der Waals surface area (Å²) in [5.74, 6) is 1.33. The van der Waals surface area contributed by atoms with Crippen molar-refractivity contribution in [2.45, 2.75) is 25.7 Å². The molecule has 18 heavy (non-hydrogen) atoms. The molecule has 1 fully saturated rings. The van der Waals surface area contributed by atoms with Crippen molar-refractivity contribution < 1.29 is 9.53 Å². The van der Waals surface area contributed by atoms with Crippen LogP contribution in [0.5, 0.6) is 5.75 Å². The molecule has 1 aromatic carbocycles. The highest BCUT2D eigenvalue weighted by atomic mass is 79.9. The lowest BCUT2D eigenvalue weighted by atomic mass is 9.85. The van der Waals surface area contributed by atoms with Gasteiger partial charge in [0.2, 0.25) is 5.91 Å². The van der Waals surface area contributed by atoms with Gasteiger partial charge >= 0.3 is 0 Å². The molecule has 0 spiro atoms. The highest BCUT2D eigenvalue weighted by molar-refractivity contribution is 9.10. The molecule has 1 aliphatic carbocycles. The summed E-state index contributed by atoms with van der Waals surface area (Å²) in [7, 11) is 1.67. The Balaban J connectivity index is 1.85. The molecule has 1 amide bonds. The number of hydrogen-bond donors (Lipinski definition) is 1. The summed E-state index contributed by atoms with van der Waals surface area (Å²) >= 11 is 3.45. The van der Waals surface area contributed by atoms with Crippen LogP contribution in [0.2, 0.25) is 0 Å². The maximum absolute atomic E-state index is 11.7. The fourth-order valence-electron chi connectivity index (χ4n) is 2.08. The van der Waals surface area contributed by atoms with E-state index < -0.39 is 0 Å². The molecule has 1 saturated carbocycles. The number of nitrogens with one attached hydrogen (secondary N) is 1. The van der Waals surface area contributed by atoms with Crippen molar-refractivity contribution in [1.29, 1.82) is 0 Å². The molecule has 0 aliphatic heterocycles. The SMILES string of the molecule is COc1ccc(Br)cc1CCNC(=O)C1CCC1. The van der Waals surface area contributed by atoms with Crippen molar-refractivity contribution in [3.63, 3.8) is 0 Å². The minimum absolute atomic E-state index is 0.204. The Labute approximate surface area is 116 Å². The number of hydrogen-bond acceptors (Lipinski definition) is 2. The van der Waals surface area contributed by atoms with Crippen LogP contribution >= 0.6 is 15.9 Å². The van der Waals surface area contributed by atoms with E-state index in [4.69, 9.17) is 4.74 Å². The molecule has 1 aromatic rings. The highest BCUT2D eigenvalue weighted by Crippen LogP contribution is 2.26. The highest BCUT2D eigenvalue weighted by Gasteiger charge is 2.24. The molecule has 0 bridgehead atoms. The summed E-state index contributed by atoms with van der Waals surface area (Å²) in [6.45, 7) is 0.669. The van der Waals surface area contributed by atoms with Crippen molar-refractivity contribution in [2.24, 2.45) is 5.92 Å². The zero-order chi connectivity index (χ0) is 13.0. The van der Waals surface area contributed by atoms with Gasteiger partial charge in [0.05, 0.1) is 7.11 Å². The van der Waals surface area contributed by atoms with E-state index >= 15 is 0 Å². The lowest BCUT2D eigenvalue weighted by molar-refractivity contribution is -0.127. The molecule has 0 unspecified atom stereocenters. The molecule has 2 rings (SSSR count). The maximum Gasteiger partial charge on any atom is 0.223 e. The third-order valence-corrected chi connectivity index (χ3v) is 3.91. The van der Waals surface area contributed by atoms with Gasteiger partial charge in [-0.3, -0.25) is 4.79 Å². The Bertz CT molecular complexity index is 430. The van der Waals surface area contributed by atoms with E-state index in [1.807, 2.05) is 18.2 Å². The van der Waals surface area contributed by atoms with Crippen molar-refractivity contribution in [2.75, 3.05) is 13.7 Å². The molecule has 1 N–H and O–H groups in total. The van der Waals surface area contributed by atoms with Gasteiger partial charge in [-0.2, -0.15) is 0 Å². The number of carbonyl (C=O) groups is 1. The number of benzene rings is 1. The van der Waals surface area contributed by atoms with Crippen LogP contribution in [0.25, 0.3) is 0 Å². The van der Waals surface area contributed by atoms with Crippen molar-refractivity contribution in [3.05, 3.63) is 28.2 Å². The number of methoxy groups -OCH3 is 1. The second-order valence-corrected chi connectivity index (χ2v) is 5.54. The predicted octanol–water partition coefficient (Wildman–Crippen LogP) is 2.92. The second kappa shape index (κ2) is 6.23. The van der Waals surface area contributed by atoms with Crippen molar-refractivity contribution in [1.82, 2.24) is 5.32 Å². The standard InChI is InChI=1S/C14H18BrNO2/c1-18-13-6-5-12(15)9-11(13)7-8-16-14(17)10-3-2-4-10/h5-6,9-10H,2-4,7-8H2,1H3,(H,16,17). The molecular formula is C14H18BrNO2. The lowest BCUT2D eigenvalue weighted by Gasteiger charge is -2.24. The molecule has 1 aliphatic rings. The number of amides is 1. The van der Waals surface area contributed by atoms with Gasteiger partial charge in [-0.15, -0.1) is 0 Å². The Morgan fingerprint density at radius 2 is 2.28 bits per heavy atom. The van der Waals surface area contributed by atoms with E-state index in [0.29, 0.717) is 6.54 Å². The van der Waals surface area contributed by atoms with Crippen LogP contribution in [0, 0.1) is 5.92 Å². The van der Waals surface area contributed by atoms with E-state index in [1.165, 1.54) is 6.42 Å². The van der Waals surface area contributed by atoms with Gasteiger partial charge in [-0.05, 0) is 43.0 Å². The van der Waals surface area contributed by atoms with Crippen molar-refractivity contribution >= 4 is 21.8 Å². The maximum atomic E-state index is 11.7. The first-order valence-electron chi connectivity index (χ1n) is 6.31. The van der Waals surface area contributed by atoms with Gasteiger partial charge < -0.3 is 10.1 Å². The van der Waals surface area contributed by atoms with E-state index in [1.54, 1.807) is 7.11 Å². The summed E-state index contributed by atoms with van der Waals surface area (Å²) in [5, 5.41) is 2.99. The van der Waals surface area contributed by atoms with Crippen LogP contribution in [0.15, 0.2) is 22.7 Å². The fraction of sp³-hybridized carbons (Fsp3) is 0.500. The monoisotopic (exact) mass is 311 g/mol. The predicted molar refractivity (Wildman–Crippen MR) is 74.7 cm³/mol. The Morgan fingerprint density at radius 3 is 2.89 bits per heavy atom. The third kappa shape index (κ3) is 3.25. The Kier molecular flexibility index (Phi) is 4.64. The molecule has 0 aromatic heterocycles. The van der Waals surface area contributed by atoms with Gasteiger partial charge in [-0.25, -0.2) is 0 Å². The van der Waals surface area contributed by atoms with Gasteiger partial charge in [0.1, 0.15) is 5.75 Å². The quantitative estimate of drug-likeness (QED) is 0.908. The van der Waals surface area contributed by atoms with Crippen LogP contribution in [-0.4, -0.2) is 19.6 Å². The molecule has 0 atom stereocenters.